The number of pyridine rings is 1. The van der Waals surface area contributed by atoms with Crippen LogP contribution in [-0.2, 0) is 13.5 Å². The summed E-state index contributed by atoms with van der Waals surface area (Å²) >= 11 is 0. The van der Waals surface area contributed by atoms with Gasteiger partial charge in [-0.2, -0.15) is 10.2 Å². The van der Waals surface area contributed by atoms with Crippen molar-refractivity contribution in [1.82, 2.24) is 35.1 Å². The predicted octanol–water partition coefficient (Wildman–Crippen LogP) is 2.78. The van der Waals surface area contributed by atoms with Crippen molar-refractivity contribution in [2.24, 2.45) is 7.05 Å². The van der Waals surface area contributed by atoms with Crippen molar-refractivity contribution in [3.05, 3.63) is 60.0 Å². The minimum absolute atomic E-state index is 0.000780. The van der Waals surface area contributed by atoms with Gasteiger partial charge in [0.1, 0.15) is 11.5 Å². The normalized spacial score (nSPS) is 15.0. The van der Waals surface area contributed by atoms with Crippen LogP contribution in [0.5, 0.6) is 0 Å². The average molecular weight is 457 g/mol. The fraction of sp³-hybridized carbons (Fsp3) is 0.360. The van der Waals surface area contributed by atoms with Gasteiger partial charge in [0.05, 0.1) is 23.8 Å². The number of likely N-dealkylation sites (tertiary alicyclic amines) is 1. The van der Waals surface area contributed by atoms with Gasteiger partial charge in [0.15, 0.2) is 5.78 Å². The highest BCUT2D eigenvalue weighted by Gasteiger charge is 2.22. The van der Waals surface area contributed by atoms with E-state index in [9.17, 15) is 4.79 Å². The molecule has 0 aliphatic carbocycles. The maximum absolute atomic E-state index is 13.1. The first-order valence-electron chi connectivity index (χ1n) is 11.5. The number of ketones is 1. The van der Waals surface area contributed by atoms with Crippen LogP contribution in [0.4, 0.5) is 5.82 Å². The number of piperidine rings is 1. The second-order valence-electron chi connectivity index (χ2n) is 9.03. The quantitative estimate of drug-likeness (QED) is 0.409. The van der Waals surface area contributed by atoms with E-state index in [2.05, 4.69) is 49.4 Å². The van der Waals surface area contributed by atoms with E-state index in [1.165, 1.54) is 0 Å². The van der Waals surface area contributed by atoms with Gasteiger partial charge in [-0.25, -0.2) is 4.98 Å². The number of aromatic nitrogens is 6. The van der Waals surface area contributed by atoms with Crippen molar-refractivity contribution >= 4 is 22.5 Å². The van der Waals surface area contributed by atoms with E-state index >= 15 is 0 Å². The maximum Gasteiger partial charge on any atom is 0.169 e. The van der Waals surface area contributed by atoms with Crippen molar-refractivity contribution < 1.29 is 4.79 Å². The molecule has 1 saturated heterocycles. The van der Waals surface area contributed by atoms with Gasteiger partial charge in [0.25, 0.3) is 0 Å². The summed E-state index contributed by atoms with van der Waals surface area (Å²) in [6.45, 7) is 2.15. The molecule has 9 nitrogen and oxygen atoms in total. The van der Waals surface area contributed by atoms with Crippen LogP contribution in [0.2, 0.25) is 0 Å². The molecule has 4 aromatic rings. The number of anilines is 1. The Morgan fingerprint density at radius 1 is 1.06 bits per heavy atom. The second-order valence-corrected chi connectivity index (χ2v) is 9.03. The number of hydrogen-bond acceptors (Lipinski definition) is 8. The van der Waals surface area contributed by atoms with Crippen LogP contribution in [0.1, 0.15) is 28.9 Å². The number of rotatable bonds is 6. The predicted molar refractivity (Wildman–Crippen MR) is 131 cm³/mol. The Kier molecular flexibility index (Phi) is 6.02. The number of Topliss-reactive ketones (excluding diaryl/α,β-unsaturated/α-hetero) is 1. The molecule has 0 amide bonds. The zero-order valence-corrected chi connectivity index (χ0v) is 19.7. The van der Waals surface area contributed by atoms with Gasteiger partial charge in [-0.1, -0.05) is 11.3 Å². The molecule has 0 N–H and O–H groups in total. The van der Waals surface area contributed by atoms with Crippen LogP contribution in [0.25, 0.3) is 22.2 Å². The minimum Gasteiger partial charge on any atom is -0.357 e. The number of benzene rings is 1. The molecule has 0 saturated carbocycles. The Morgan fingerprint density at radius 3 is 2.65 bits per heavy atom. The summed E-state index contributed by atoms with van der Waals surface area (Å²) in [7, 11) is 6.05. The maximum atomic E-state index is 13.1. The Bertz CT molecular complexity index is 1330. The zero-order chi connectivity index (χ0) is 23.7. The van der Waals surface area contributed by atoms with Crippen molar-refractivity contribution in [3.8, 4) is 11.3 Å². The number of carbonyl (C=O) groups excluding carboxylic acids is 1. The van der Waals surface area contributed by atoms with Gasteiger partial charge in [-0.15, -0.1) is 5.10 Å². The van der Waals surface area contributed by atoms with Crippen molar-refractivity contribution in [2.45, 2.75) is 25.3 Å². The van der Waals surface area contributed by atoms with Gasteiger partial charge in [0, 0.05) is 42.8 Å². The summed E-state index contributed by atoms with van der Waals surface area (Å²) in [5.74, 6) is 0.831. The lowest BCUT2D eigenvalue weighted by Crippen LogP contribution is -2.42. The van der Waals surface area contributed by atoms with Gasteiger partial charge < -0.3 is 9.80 Å². The summed E-state index contributed by atoms with van der Waals surface area (Å²) in [4.78, 5) is 22.2. The Labute approximate surface area is 198 Å². The molecule has 1 fully saturated rings. The third-order valence-corrected chi connectivity index (χ3v) is 6.54. The molecule has 5 rings (SSSR count). The molecule has 0 unspecified atom stereocenters. The zero-order valence-electron chi connectivity index (χ0n) is 19.7. The molecule has 3 aromatic heterocycles. The van der Waals surface area contributed by atoms with Crippen molar-refractivity contribution in [1.29, 1.82) is 0 Å². The number of carbonyl (C=O) groups is 1. The lowest BCUT2D eigenvalue weighted by Gasteiger charge is -2.35. The monoisotopic (exact) mass is 456 g/mol. The molecule has 1 aromatic carbocycles. The average Bonchev–Trinajstić information content (AvgIpc) is 3.30. The lowest BCUT2D eigenvalue weighted by atomic mass is 10.0. The van der Waals surface area contributed by atoms with Crippen LogP contribution in [0.15, 0.2) is 48.8 Å². The summed E-state index contributed by atoms with van der Waals surface area (Å²) in [6.07, 6.45) is 5.95. The smallest absolute Gasteiger partial charge is 0.169 e. The Morgan fingerprint density at radius 2 is 1.88 bits per heavy atom. The Balaban J connectivity index is 1.33. The van der Waals surface area contributed by atoms with E-state index < -0.39 is 0 Å². The van der Waals surface area contributed by atoms with E-state index in [1.54, 1.807) is 16.9 Å². The summed E-state index contributed by atoms with van der Waals surface area (Å²) in [5, 5.41) is 17.7. The fourth-order valence-corrected chi connectivity index (χ4v) is 4.43. The largest absolute Gasteiger partial charge is 0.357 e. The third kappa shape index (κ3) is 4.65. The SMILES string of the molecule is CN1CCC(N(C)c2cc(C(=O)Cc3cc4cc(-c5cn(C)nn5)ccc4nn3)ccn2)CC1. The Hall–Kier alpha value is -3.72. The summed E-state index contributed by atoms with van der Waals surface area (Å²) in [6, 6.07) is 11.9. The first-order chi connectivity index (χ1) is 16.5. The molecule has 0 bridgehead atoms. The molecule has 0 spiro atoms. The standard InChI is InChI=1S/C25H28N8O/c1-31-10-7-21(8-11-31)33(3)25-14-18(6-9-26-25)24(34)15-20-13-19-12-17(4-5-22(19)28-27-20)23-16-32(2)30-29-23/h4-6,9,12-14,16,21H,7-8,10-11,15H2,1-3H3. The third-order valence-electron chi connectivity index (χ3n) is 6.54. The molecule has 1 aliphatic rings. The highest BCUT2D eigenvalue weighted by atomic mass is 16.1. The molecule has 1 aliphatic heterocycles. The summed E-state index contributed by atoms with van der Waals surface area (Å²) in [5.41, 5.74) is 3.78. The molecule has 0 radical (unpaired) electrons. The summed E-state index contributed by atoms with van der Waals surface area (Å²) < 4.78 is 1.67. The van der Waals surface area contributed by atoms with E-state index in [0.29, 0.717) is 17.3 Å². The molecule has 4 heterocycles. The topological polar surface area (TPSA) is 92.9 Å². The van der Waals surface area contributed by atoms with E-state index in [-0.39, 0.29) is 12.2 Å². The molecule has 9 heteroatoms. The van der Waals surface area contributed by atoms with Crippen LogP contribution < -0.4 is 4.90 Å². The number of hydrogen-bond donors (Lipinski definition) is 0. The molecule has 34 heavy (non-hydrogen) atoms. The molecular weight excluding hydrogens is 428 g/mol. The highest BCUT2D eigenvalue weighted by Crippen LogP contribution is 2.23. The van der Waals surface area contributed by atoms with Crippen molar-refractivity contribution in [3.63, 3.8) is 0 Å². The first kappa shape index (κ1) is 22.1. The van der Waals surface area contributed by atoms with Crippen molar-refractivity contribution in [2.75, 3.05) is 32.1 Å². The fourth-order valence-electron chi connectivity index (χ4n) is 4.43. The van der Waals surface area contributed by atoms with E-state index in [4.69, 9.17) is 0 Å². The van der Waals surface area contributed by atoms with Gasteiger partial charge >= 0.3 is 0 Å². The van der Waals surface area contributed by atoms with Gasteiger partial charge in [-0.05, 0) is 63.3 Å². The van der Waals surface area contributed by atoms with Crippen LogP contribution >= 0.6 is 0 Å². The highest BCUT2D eigenvalue weighted by molar-refractivity contribution is 5.98. The van der Waals surface area contributed by atoms with E-state index in [1.807, 2.05) is 43.6 Å². The lowest BCUT2D eigenvalue weighted by molar-refractivity contribution is 0.0991. The first-order valence-corrected chi connectivity index (χ1v) is 11.5. The van der Waals surface area contributed by atoms with E-state index in [0.717, 1.165) is 53.9 Å². The van der Waals surface area contributed by atoms with Gasteiger partial charge in [0.2, 0.25) is 0 Å². The second kappa shape index (κ2) is 9.26. The van der Waals surface area contributed by atoms with Crippen LogP contribution in [-0.4, -0.2) is 74.1 Å². The molecular formula is C25H28N8O. The number of fused-ring (bicyclic) bond motifs is 1. The van der Waals surface area contributed by atoms with Crippen LogP contribution in [0.3, 0.4) is 0 Å². The van der Waals surface area contributed by atoms with Crippen LogP contribution in [0, 0.1) is 0 Å². The minimum atomic E-state index is -0.000780. The number of nitrogens with zero attached hydrogens (tertiary/aromatic N) is 8. The van der Waals surface area contributed by atoms with Gasteiger partial charge in [-0.3, -0.25) is 9.48 Å². The molecule has 0 atom stereocenters. The number of aryl methyl sites for hydroxylation is 1. The molecule has 174 valence electrons.